The molecule has 3 aromatic carbocycles. The zero-order chi connectivity index (χ0) is 46.2. The number of amides is 4. The largest absolute Gasteiger partial charge is 0.488 e. The third-order valence-corrected chi connectivity index (χ3v) is 13.9. The Morgan fingerprint density at radius 2 is 1.67 bits per heavy atom. The lowest BCUT2D eigenvalue weighted by atomic mass is 9.90. The van der Waals surface area contributed by atoms with Gasteiger partial charge in [-0.1, -0.05) is 18.2 Å². The van der Waals surface area contributed by atoms with Gasteiger partial charge in [0.1, 0.15) is 36.1 Å². The van der Waals surface area contributed by atoms with Crippen molar-refractivity contribution >= 4 is 45.8 Å². The van der Waals surface area contributed by atoms with Gasteiger partial charge in [-0.3, -0.25) is 9.59 Å². The van der Waals surface area contributed by atoms with Gasteiger partial charge in [-0.2, -0.15) is 0 Å². The van der Waals surface area contributed by atoms with Crippen molar-refractivity contribution in [1.29, 1.82) is 0 Å². The predicted octanol–water partition coefficient (Wildman–Crippen LogP) is 6.16. The summed E-state index contributed by atoms with van der Waals surface area (Å²) < 4.78 is 32.8. The Bertz CT molecular complexity index is 2620. The lowest BCUT2D eigenvalue weighted by Crippen LogP contribution is -2.55. The molecule has 7 atom stereocenters. The maximum Gasteiger partial charge on any atom is 0.407 e. The quantitative estimate of drug-likeness (QED) is 0.111. The molecule has 18 heteroatoms. The Hall–Kier alpha value is -6.24. The van der Waals surface area contributed by atoms with Gasteiger partial charge in [0.25, 0.3) is 0 Å². The Morgan fingerprint density at radius 3 is 2.42 bits per heavy atom. The maximum absolute atomic E-state index is 14.4. The summed E-state index contributed by atoms with van der Waals surface area (Å²) in [6.45, 7) is 6.12. The number of methoxy groups -OCH3 is 4. The number of nitrogens with one attached hydrogen (secondary N) is 4. The molecule has 350 valence electrons. The van der Waals surface area contributed by atoms with Crippen molar-refractivity contribution in [3.63, 3.8) is 0 Å². The van der Waals surface area contributed by atoms with Crippen LogP contribution < -0.4 is 15.4 Å². The van der Waals surface area contributed by atoms with Crippen LogP contribution in [-0.4, -0.2) is 133 Å². The second-order valence-electron chi connectivity index (χ2n) is 17.9. The highest BCUT2D eigenvalue weighted by Crippen LogP contribution is 2.44. The Labute approximate surface area is 382 Å². The van der Waals surface area contributed by atoms with Gasteiger partial charge in [-0.15, -0.1) is 0 Å². The molecule has 9 rings (SSSR count). The summed E-state index contributed by atoms with van der Waals surface area (Å²) in [5, 5.41) is 7.45. The van der Waals surface area contributed by atoms with Crippen molar-refractivity contribution in [3.05, 3.63) is 65.9 Å². The van der Waals surface area contributed by atoms with E-state index in [1.54, 1.807) is 25.1 Å². The van der Waals surface area contributed by atoms with E-state index in [-0.39, 0.29) is 41.8 Å². The van der Waals surface area contributed by atoms with Gasteiger partial charge in [-0.25, -0.2) is 19.6 Å². The fourth-order valence-corrected chi connectivity index (χ4v) is 10.4. The molecular formula is C48H58N8O10. The van der Waals surface area contributed by atoms with Gasteiger partial charge in [0.15, 0.2) is 0 Å². The second-order valence-corrected chi connectivity index (χ2v) is 17.9. The Balaban J connectivity index is 0.966. The van der Waals surface area contributed by atoms with Crippen LogP contribution in [0.25, 0.3) is 44.2 Å². The minimum absolute atomic E-state index is 0.0837. The van der Waals surface area contributed by atoms with Crippen LogP contribution in [0.2, 0.25) is 0 Å². The molecule has 0 saturated carbocycles. The lowest BCUT2D eigenvalue weighted by molar-refractivity contribution is -0.139. The zero-order valence-corrected chi connectivity index (χ0v) is 38.2. The highest BCUT2D eigenvalue weighted by molar-refractivity contribution is 6.07. The molecule has 5 aromatic rings. The van der Waals surface area contributed by atoms with Crippen LogP contribution in [0.4, 0.5) is 9.59 Å². The van der Waals surface area contributed by atoms with Crippen LogP contribution >= 0.6 is 0 Å². The molecule has 4 N–H and O–H groups in total. The van der Waals surface area contributed by atoms with Crippen LogP contribution in [0.15, 0.2) is 48.7 Å². The van der Waals surface area contributed by atoms with E-state index < -0.39 is 30.4 Å². The molecular weight excluding hydrogens is 849 g/mol. The van der Waals surface area contributed by atoms with E-state index in [0.29, 0.717) is 70.3 Å². The monoisotopic (exact) mass is 906 g/mol. The van der Waals surface area contributed by atoms with Gasteiger partial charge < -0.3 is 58.8 Å². The highest BCUT2D eigenvalue weighted by atomic mass is 16.5. The van der Waals surface area contributed by atoms with E-state index in [1.807, 2.05) is 17.9 Å². The van der Waals surface area contributed by atoms with Crippen molar-refractivity contribution in [2.24, 2.45) is 11.8 Å². The predicted molar refractivity (Wildman–Crippen MR) is 242 cm³/mol. The summed E-state index contributed by atoms with van der Waals surface area (Å²) in [5.41, 5.74) is 6.42. The number of imidazole rings is 2. The van der Waals surface area contributed by atoms with Crippen molar-refractivity contribution in [3.8, 4) is 28.1 Å². The number of ether oxygens (including phenoxy) is 6. The molecule has 3 saturated heterocycles. The first kappa shape index (κ1) is 44.9. The van der Waals surface area contributed by atoms with Crippen LogP contribution in [0.5, 0.6) is 5.75 Å². The number of fused-ring (bicyclic) bond motifs is 6. The molecule has 4 aliphatic rings. The minimum Gasteiger partial charge on any atom is -0.488 e. The SMILES string of the molecule is COC[C@H]1C[C@@H](c2ncc(-c3ccc4c(c3)COc3cc5c(ccc6nc([C@@H]7CC[C@H](C)N7C(=O)[C@@H](NC(=O)OC)[C@@H](C)OC)[nH]c65)cc3-4)[nH]2)N(C(=O)[C@@H](NC(=O)OC)C2CCOCC2)C1. The molecule has 4 aliphatic heterocycles. The average Bonchev–Trinajstić information content (AvgIpc) is 4.17. The van der Waals surface area contributed by atoms with Gasteiger partial charge in [0.2, 0.25) is 11.8 Å². The molecule has 0 spiro atoms. The van der Waals surface area contributed by atoms with Gasteiger partial charge in [0, 0.05) is 56.9 Å². The number of aromatic amines is 2. The van der Waals surface area contributed by atoms with Crippen molar-refractivity contribution < 1.29 is 47.6 Å². The van der Waals surface area contributed by atoms with E-state index in [4.69, 9.17) is 38.4 Å². The summed E-state index contributed by atoms with van der Waals surface area (Å²) in [6, 6.07) is 12.1. The fraction of sp³-hybridized carbons (Fsp3) is 0.500. The molecule has 0 unspecified atom stereocenters. The van der Waals surface area contributed by atoms with Crippen LogP contribution in [0.1, 0.15) is 75.2 Å². The summed E-state index contributed by atoms with van der Waals surface area (Å²) >= 11 is 0. The first-order chi connectivity index (χ1) is 32.0. The normalized spacial score (nSPS) is 22.0. The third-order valence-electron chi connectivity index (χ3n) is 13.9. The molecule has 3 fully saturated rings. The number of aromatic nitrogens is 4. The highest BCUT2D eigenvalue weighted by Gasteiger charge is 2.44. The fourth-order valence-electron chi connectivity index (χ4n) is 10.4. The second kappa shape index (κ2) is 18.9. The summed E-state index contributed by atoms with van der Waals surface area (Å²) in [4.78, 5) is 73.7. The molecule has 2 aromatic heterocycles. The number of alkyl carbamates (subject to hydrolysis) is 2. The standard InChI is InChI=1S/C48H58N8O10/c1-25-7-12-37(56(25)46(58)40(26(2)62-4)53-47(59)63-5)44-50-35-11-9-29-19-34-32-10-8-30(18-31(32)24-66-39(34)20-33(29)42(35)52-44)36-21-49-43(51-36)38-17-27(23-61-3)22-55(38)45(57)41(54-48(60)64-6)28-13-15-65-16-14-28/h8-11,18-21,25-28,37-38,40-41H,7,12-17,22-24H2,1-6H3,(H,49,51)(H,50,52)(H,53,59)(H,54,60)/t25-,26+,27-,37-,38-,40-,41-/m0/s1. The number of hydrogen-bond donors (Lipinski definition) is 4. The van der Waals surface area contributed by atoms with E-state index in [2.05, 4.69) is 57.0 Å². The Kier molecular flexibility index (Phi) is 12.9. The summed E-state index contributed by atoms with van der Waals surface area (Å²) in [6.07, 6.45) is 3.31. The maximum atomic E-state index is 14.4. The number of H-pyrrole nitrogens is 2. The molecule has 0 bridgehead atoms. The van der Waals surface area contributed by atoms with E-state index in [9.17, 15) is 19.2 Å². The summed E-state index contributed by atoms with van der Waals surface area (Å²) in [7, 11) is 5.73. The topological polar surface area (TPSA) is 212 Å². The number of benzene rings is 3. The van der Waals surface area contributed by atoms with Gasteiger partial charge >= 0.3 is 12.2 Å². The van der Waals surface area contributed by atoms with E-state index in [0.717, 1.165) is 61.9 Å². The number of nitrogens with zero attached hydrogens (tertiary/aromatic N) is 4. The van der Waals surface area contributed by atoms with Crippen LogP contribution in [0.3, 0.4) is 0 Å². The number of rotatable bonds is 12. The third kappa shape index (κ3) is 8.52. The molecule has 0 aliphatic carbocycles. The number of hydrogen-bond acceptors (Lipinski definition) is 12. The first-order valence-corrected chi connectivity index (χ1v) is 22.7. The minimum atomic E-state index is -0.940. The lowest BCUT2D eigenvalue weighted by Gasteiger charge is -2.34. The molecule has 6 heterocycles. The van der Waals surface area contributed by atoms with Crippen molar-refractivity contribution in [2.75, 3.05) is 54.8 Å². The molecule has 66 heavy (non-hydrogen) atoms. The molecule has 18 nitrogen and oxygen atoms in total. The number of carbonyl (C=O) groups is 4. The van der Waals surface area contributed by atoms with Crippen molar-refractivity contribution in [1.82, 2.24) is 40.4 Å². The first-order valence-electron chi connectivity index (χ1n) is 22.7. The molecule has 4 amide bonds. The van der Waals surface area contributed by atoms with E-state index in [1.165, 1.54) is 21.3 Å². The van der Waals surface area contributed by atoms with Crippen LogP contribution in [-0.2, 0) is 39.9 Å². The van der Waals surface area contributed by atoms with Crippen LogP contribution in [0, 0.1) is 11.8 Å². The molecule has 0 radical (unpaired) electrons. The summed E-state index contributed by atoms with van der Waals surface area (Å²) in [5.74, 6) is 1.67. The average molecular weight is 907 g/mol. The van der Waals surface area contributed by atoms with Crippen molar-refractivity contribution in [2.45, 2.75) is 88.9 Å². The number of likely N-dealkylation sites (tertiary alicyclic amines) is 2. The Morgan fingerprint density at radius 1 is 0.879 bits per heavy atom. The van der Waals surface area contributed by atoms with Gasteiger partial charge in [-0.05, 0) is 98.2 Å². The number of carbonyl (C=O) groups excluding carboxylic acids is 4. The zero-order valence-electron chi connectivity index (χ0n) is 38.2. The smallest absolute Gasteiger partial charge is 0.407 e. The van der Waals surface area contributed by atoms with Gasteiger partial charge in [0.05, 0.1) is 61.9 Å². The van der Waals surface area contributed by atoms with E-state index >= 15 is 0 Å².